The topological polar surface area (TPSA) is 21.3 Å². The lowest BCUT2D eigenvalue weighted by molar-refractivity contribution is 0.0960. The minimum Gasteiger partial charge on any atom is -0.385 e. The van der Waals surface area contributed by atoms with Crippen LogP contribution >= 0.6 is 0 Å². The molecule has 1 N–H and O–H groups in total. The Hall–Kier alpha value is -0.0800. The number of methoxy groups -OCH3 is 1. The van der Waals surface area contributed by atoms with Crippen molar-refractivity contribution in [3.8, 4) is 0 Å². The Balaban J connectivity index is 4.50. The van der Waals surface area contributed by atoms with E-state index in [0.717, 1.165) is 19.1 Å². The Labute approximate surface area is 115 Å². The van der Waals surface area contributed by atoms with E-state index in [1.807, 2.05) is 7.11 Å². The molecule has 0 spiro atoms. The number of unbranched alkanes of at least 4 members (excludes halogenated alkanes) is 1. The van der Waals surface area contributed by atoms with Crippen molar-refractivity contribution < 1.29 is 4.74 Å². The van der Waals surface area contributed by atoms with E-state index in [4.69, 9.17) is 4.74 Å². The smallest absolute Gasteiger partial charge is 0.0465 e. The first-order valence-corrected chi connectivity index (χ1v) is 7.86. The van der Waals surface area contributed by atoms with Crippen molar-refractivity contribution in [3.05, 3.63) is 0 Å². The van der Waals surface area contributed by atoms with Crippen LogP contribution < -0.4 is 5.32 Å². The molecule has 0 aromatic carbocycles. The van der Waals surface area contributed by atoms with Gasteiger partial charge in [0.25, 0.3) is 0 Å². The molecule has 0 amide bonds. The highest BCUT2D eigenvalue weighted by molar-refractivity contribution is 4.85. The number of nitrogens with one attached hydrogen (secondary N) is 1. The molecule has 2 heteroatoms. The summed E-state index contributed by atoms with van der Waals surface area (Å²) in [5.41, 5.74) is 0.462. The van der Waals surface area contributed by atoms with Crippen LogP contribution in [0.5, 0.6) is 0 Å². The van der Waals surface area contributed by atoms with E-state index in [0.29, 0.717) is 5.41 Å². The van der Waals surface area contributed by atoms with Gasteiger partial charge in [-0.3, -0.25) is 0 Å². The van der Waals surface area contributed by atoms with Gasteiger partial charge in [-0.2, -0.15) is 0 Å². The fourth-order valence-electron chi connectivity index (χ4n) is 2.80. The number of hydrogen-bond donors (Lipinski definition) is 1. The summed E-state index contributed by atoms with van der Waals surface area (Å²) in [6.07, 6.45) is 7.67. The lowest BCUT2D eigenvalue weighted by Gasteiger charge is -2.39. The Morgan fingerprint density at radius 2 is 1.89 bits per heavy atom. The van der Waals surface area contributed by atoms with Crippen LogP contribution in [-0.2, 0) is 4.74 Å². The fraction of sp³-hybridized carbons (Fsp3) is 1.00. The van der Waals surface area contributed by atoms with Gasteiger partial charge in [0.2, 0.25) is 0 Å². The second kappa shape index (κ2) is 10.8. The van der Waals surface area contributed by atoms with Crippen LogP contribution in [0.15, 0.2) is 0 Å². The van der Waals surface area contributed by atoms with Crippen molar-refractivity contribution in [2.45, 2.75) is 66.2 Å². The number of hydrogen-bond acceptors (Lipinski definition) is 2. The molecule has 0 fully saturated rings. The molecule has 0 aromatic rings. The van der Waals surface area contributed by atoms with Crippen LogP contribution in [0.2, 0.25) is 0 Å². The molecule has 0 radical (unpaired) electrons. The van der Waals surface area contributed by atoms with Gasteiger partial charge in [0.15, 0.2) is 0 Å². The van der Waals surface area contributed by atoms with E-state index in [2.05, 4.69) is 33.0 Å². The highest BCUT2D eigenvalue weighted by Gasteiger charge is 2.33. The van der Waals surface area contributed by atoms with Crippen LogP contribution in [-0.4, -0.2) is 26.8 Å². The summed E-state index contributed by atoms with van der Waals surface area (Å²) in [5.74, 6) is 0.735. The first-order chi connectivity index (χ1) is 8.66. The van der Waals surface area contributed by atoms with Crippen molar-refractivity contribution in [2.75, 3.05) is 26.8 Å². The molecule has 0 aromatic heterocycles. The zero-order valence-electron chi connectivity index (χ0n) is 13.3. The minimum absolute atomic E-state index is 0.462. The third-order valence-corrected chi connectivity index (χ3v) is 4.44. The summed E-state index contributed by atoms with van der Waals surface area (Å²) >= 11 is 0. The van der Waals surface area contributed by atoms with Gasteiger partial charge in [-0.25, -0.2) is 0 Å². The van der Waals surface area contributed by atoms with Gasteiger partial charge in [-0.15, -0.1) is 0 Å². The second-order valence-electron chi connectivity index (χ2n) is 5.68. The van der Waals surface area contributed by atoms with Gasteiger partial charge in [-0.05, 0) is 43.6 Å². The molecule has 0 bridgehead atoms. The highest BCUT2D eigenvalue weighted by atomic mass is 16.5. The molecule has 0 rings (SSSR count). The number of rotatable bonds is 12. The monoisotopic (exact) mass is 257 g/mol. The van der Waals surface area contributed by atoms with Gasteiger partial charge in [0, 0.05) is 20.3 Å². The summed E-state index contributed by atoms with van der Waals surface area (Å²) in [6.45, 7) is 12.5. The normalized spacial score (nSPS) is 16.5. The first kappa shape index (κ1) is 17.9. The summed E-state index contributed by atoms with van der Waals surface area (Å²) in [4.78, 5) is 0. The van der Waals surface area contributed by atoms with E-state index < -0.39 is 0 Å². The van der Waals surface area contributed by atoms with Crippen molar-refractivity contribution in [1.82, 2.24) is 5.32 Å². The summed E-state index contributed by atoms with van der Waals surface area (Å²) in [7, 11) is 1.81. The van der Waals surface area contributed by atoms with Gasteiger partial charge in [-0.1, -0.05) is 40.5 Å². The van der Waals surface area contributed by atoms with E-state index in [9.17, 15) is 0 Å². The lowest BCUT2D eigenvalue weighted by Crippen LogP contribution is -2.40. The molecule has 18 heavy (non-hydrogen) atoms. The Morgan fingerprint density at radius 3 is 2.39 bits per heavy atom. The van der Waals surface area contributed by atoms with Crippen LogP contribution in [0.1, 0.15) is 66.2 Å². The average molecular weight is 257 g/mol. The predicted molar refractivity (Wildman–Crippen MR) is 81.1 cm³/mol. The molecule has 0 heterocycles. The molecule has 2 nitrogen and oxygen atoms in total. The second-order valence-corrected chi connectivity index (χ2v) is 5.68. The van der Waals surface area contributed by atoms with Crippen LogP contribution in [0.25, 0.3) is 0 Å². The van der Waals surface area contributed by atoms with E-state index in [1.165, 1.54) is 45.1 Å². The highest BCUT2D eigenvalue weighted by Crippen LogP contribution is 2.38. The van der Waals surface area contributed by atoms with Crippen LogP contribution in [0.4, 0.5) is 0 Å². The summed E-state index contributed by atoms with van der Waals surface area (Å²) in [5, 5.41) is 3.65. The fourth-order valence-corrected chi connectivity index (χ4v) is 2.80. The van der Waals surface area contributed by atoms with Gasteiger partial charge in [0.05, 0.1) is 0 Å². The molecule has 2 atom stereocenters. The van der Waals surface area contributed by atoms with E-state index in [-0.39, 0.29) is 0 Å². The van der Waals surface area contributed by atoms with Crippen molar-refractivity contribution in [1.29, 1.82) is 0 Å². The lowest BCUT2D eigenvalue weighted by atomic mass is 9.69. The van der Waals surface area contributed by atoms with Crippen molar-refractivity contribution in [2.24, 2.45) is 11.3 Å². The van der Waals surface area contributed by atoms with Gasteiger partial charge in [0.1, 0.15) is 0 Å². The van der Waals surface area contributed by atoms with Gasteiger partial charge >= 0.3 is 0 Å². The molecule has 110 valence electrons. The third-order valence-electron chi connectivity index (χ3n) is 4.44. The SMILES string of the molecule is CCCCC(CC)(CNCCC)C(C)CCOC. The molecular weight excluding hydrogens is 222 g/mol. The minimum atomic E-state index is 0.462. The van der Waals surface area contributed by atoms with Crippen molar-refractivity contribution in [3.63, 3.8) is 0 Å². The maximum absolute atomic E-state index is 5.26. The number of ether oxygens (including phenoxy) is 1. The maximum Gasteiger partial charge on any atom is 0.0465 e. The Kier molecular flexibility index (Phi) is 10.8. The quantitative estimate of drug-likeness (QED) is 0.528. The molecule has 0 saturated carbocycles. The third kappa shape index (κ3) is 6.19. The molecule has 0 aliphatic carbocycles. The maximum atomic E-state index is 5.26. The Morgan fingerprint density at radius 1 is 1.17 bits per heavy atom. The van der Waals surface area contributed by atoms with E-state index >= 15 is 0 Å². The zero-order chi connectivity index (χ0) is 13.9. The van der Waals surface area contributed by atoms with Crippen LogP contribution in [0, 0.1) is 11.3 Å². The Bertz CT molecular complexity index is 184. The average Bonchev–Trinajstić information content (AvgIpc) is 2.40. The first-order valence-electron chi connectivity index (χ1n) is 7.86. The predicted octanol–water partition coefficient (Wildman–Crippen LogP) is 4.25. The molecular formula is C16H35NO. The summed E-state index contributed by atoms with van der Waals surface area (Å²) in [6, 6.07) is 0. The molecule has 2 unspecified atom stereocenters. The molecule has 0 saturated heterocycles. The molecule has 0 aliphatic rings. The standard InChI is InChI=1S/C16H35NO/c1-6-9-11-16(8-3,14-17-12-7-2)15(4)10-13-18-5/h15,17H,6-14H2,1-5H3. The van der Waals surface area contributed by atoms with Crippen molar-refractivity contribution >= 4 is 0 Å². The summed E-state index contributed by atoms with van der Waals surface area (Å²) < 4.78 is 5.26. The zero-order valence-corrected chi connectivity index (χ0v) is 13.3. The van der Waals surface area contributed by atoms with Gasteiger partial charge < -0.3 is 10.1 Å². The van der Waals surface area contributed by atoms with Crippen LogP contribution in [0.3, 0.4) is 0 Å². The largest absolute Gasteiger partial charge is 0.385 e. The molecule has 0 aliphatic heterocycles. The van der Waals surface area contributed by atoms with E-state index in [1.54, 1.807) is 0 Å².